The highest BCUT2D eigenvalue weighted by atomic mass is 15.1. The molecule has 0 aliphatic carbocycles. The van der Waals surface area contributed by atoms with Crippen molar-refractivity contribution < 1.29 is 0 Å². The molecule has 0 aromatic rings. The monoisotopic (exact) mass is 180 g/mol. The van der Waals surface area contributed by atoms with Crippen LogP contribution in [-0.2, 0) is 0 Å². The quantitative estimate of drug-likeness (QED) is 0.493. The number of hydrogen-bond acceptors (Lipinski definition) is 2. The van der Waals surface area contributed by atoms with Crippen LogP contribution in [0.1, 0.15) is 39.0 Å². The van der Waals surface area contributed by atoms with Gasteiger partial charge in [-0.25, -0.2) is 0 Å². The van der Waals surface area contributed by atoms with E-state index < -0.39 is 0 Å². The second-order valence-corrected chi connectivity index (χ2v) is 3.62. The van der Waals surface area contributed by atoms with Gasteiger partial charge in [-0.3, -0.25) is 4.99 Å². The molecule has 0 amide bonds. The molecule has 1 aliphatic heterocycles. The first-order valence-corrected chi connectivity index (χ1v) is 5.27. The largest absolute Gasteiger partial charge is 0.369 e. The van der Waals surface area contributed by atoms with Crippen molar-refractivity contribution in [3.63, 3.8) is 0 Å². The third-order valence-electron chi connectivity index (χ3n) is 2.37. The molecule has 1 atom stereocenters. The molecular weight excluding hydrogens is 160 g/mol. The van der Waals surface area contributed by atoms with Gasteiger partial charge in [0.1, 0.15) is 5.84 Å². The van der Waals surface area contributed by atoms with Gasteiger partial charge in [-0.05, 0) is 6.42 Å². The second-order valence-electron chi connectivity index (χ2n) is 3.62. The average molecular weight is 180 g/mol. The van der Waals surface area contributed by atoms with E-state index in [0.29, 0.717) is 6.04 Å². The van der Waals surface area contributed by atoms with E-state index in [1.54, 1.807) is 0 Å². The fourth-order valence-electron chi connectivity index (χ4n) is 1.61. The van der Waals surface area contributed by atoms with Crippen LogP contribution >= 0.6 is 0 Å². The fourth-order valence-corrected chi connectivity index (χ4v) is 1.61. The number of amidine groups is 1. The first kappa shape index (κ1) is 10.3. The Hall–Kier alpha value is -0.790. The average Bonchev–Trinajstić information content (AvgIpc) is 2.54. The van der Waals surface area contributed by atoms with Crippen LogP contribution < -0.4 is 5.32 Å². The summed E-state index contributed by atoms with van der Waals surface area (Å²) in [6, 6.07) is 0.599. The fraction of sp³-hybridized carbons (Fsp3) is 0.727. The minimum absolute atomic E-state index is 0.599. The molecule has 0 spiro atoms. The Morgan fingerprint density at radius 1 is 1.62 bits per heavy atom. The van der Waals surface area contributed by atoms with Gasteiger partial charge < -0.3 is 5.32 Å². The topological polar surface area (TPSA) is 24.4 Å². The van der Waals surface area contributed by atoms with Crippen molar-refractivity contribution in [3.8, 4) is 0 Å². The van der Waals surface area contributed by atoms with Gasteiger partial charge in [-0.2, -0.15) is 0 Å². The van der Waals surface area contributed by atoms with Crippen molar-refractivity contribution in [2.75, 3.05) is 6.54 Å². The Morgan fingerprint density at radius 3 is 3.15 bits per heavy atom. The predicted octanol–water partition coefficient (Wildman–Crippen LogP) is 2.51. The Bertz CT molecular complexity index is 185. The highest BCUT2D eigenvalue weighted by Gasteiger charge is 2.14. The Kier molecular flexibility index (Phi) is 4.58. The third-order valence-corrected chi connectivity index (χ3v) is 2.37. The van der Waals surface area contributed by atoms with E-state index in [9.17, 15) is 0 Å². The van der Waals surface area contributed by atoms with Crippen LogP contribution in [0, 0.1) is 0 Å². The van der Waals surface area contributed by atoms with Gasteiger partial charge in [0, 0.05) is 12.5 Å². The SMILES string of the molecule is C=CCC1=NCC(CCCCC)N1. The van der Waals surface area contributed by atoms with Crippen LogP contribution in [0.15, 0.2) is 17.6 Å². The molecule has 2 nitrogen and oxygen atoms in total. The molecule has 1 heterocycles. The van der Waals surface area contributed by atoms with Gasteiger partial charge in [-0.1, -0.05) is 32.3 Å². The predicted molar refractivity (Wildman–Crippen MR) is 58.2 cm³/mol. The minimum Gasteiger partial charge on any atom is -0.369 e. The second kappa shape index (κ2) is 5.79. The van der Waals surface area contributed by atoms with Crippen LogP contribution in [-0.4, -0.2) is 18.4 Å². The molecule has 0 fully saturated rings. The standard InChI is InChI=1S/C11H20N2/c1-3-5-6-8-10-9-12-11(13-10)7-4-2/h4,10H,2-3,5-9H2,1H3,(H,12,13). The molecule has 13 heavy (non-hydrogen) atoms. The van der Waals surface area contributed by atoms with Gasteiger partial charge in [0.05, 0.1) is 6.54 Å². The van der Waals surface area contributed by atoms with Crippen molar-refractivity contribution in [1.29, 1.82) is 0 Å². The number of nitrogens with zero attached hydrogens (tertiary/aromatic N) is 1. The van der Waals surface area contributed by atoms with E-state index in [1.807, 2.05) is 6.08 Å². The molecule has 0 aromatic heterocycles. The summed E-state index contributed by atoms with van der Waals surface area (Å²) in [7, 11) is 0. The van der Waals surface area contributed by atoms with Crippen molar-refractivity contribution in [1.82, 2.24) is 5.32 Å². The molecule has 74 valence electrons. The molecule has 2 heteroatoms. The zero-order chi connectivity index (χ0) is 9.52. The van der Waals surface area contributed by atoms with Crippen molar-refractivity contribution in [2.45, 2.75) is 45.1 Å². The number of aliphatic imine (C=N–C) groups is 1. The first-order valence-electron chi connectivity index (χ1n) is 5.27. The molecule has 0 saturated carbocycles. The Morgan fingerprint density at radius 2 is 2.46 bits per heavy atom. The van der Waals surface area contributed by atoms with E-state index in [1.165, 1.54) is 25.7 Å². The highest BCUT2D eigenvalue weighted by Crippen LogP contribution is 2.08. The maximum atomic E-state index is 4.42. The molecule has 1 unspecified atom stereocenters. The van der Waals surface area contributed by atoms with E-state index in [4.69, 9.17) is 0 Å². The van der Waals surface area contributed by atoms with Crippen LogP contribution in [0.5, 0.6) is 0 Å². The van der Waals surface area contributed by atoms with Crippen LogP contribution in [0.2, 0.25) is 0 Å². The maximum Gasteiger partial charge on any atom is 0.100 e. The highest BCUT2D eigenvalue weighted by molar-refractivity contribution is 5.85. The minimum atomic E-state index is 0.599. The Balaban J connectivity index is 2.10. The summed E-state index contributed by atoms with van der Waals surface area (Å²) in [4.78, 5) is 4.42. The van der Waals surface area contributed by atoms with Gasteiger partial charge in [-0.15, -0.1) is 6.58 Å². The molecular formula is C11H20N2. The summed E-state index contributed by atoms with van der Waals surface area (Å²) in [5.41, 5.74) is 0. The van der Waals surface area contributed by atoms with E-state index in [-0.39, 0.29) is 0 Å². The molecule has 1 N–H and O–H groups in total. The smallest absolute Gasteiger partial charge is 0.100 e. The van der Waals surface area contributed by atoms with Gasteiger partial charge in [0.15, 0.2) is 0 Å². The zero-order valence-corrected chi connectivity index (χ0v) is 8.55. The summed E-state index contributed by atoms with van der Waals surface area (Å²) in [5, 5.41) is 3.43. The lowest BCUT2D eigenvalue weighted by molar-refractivity contribution is 0.550. The molecule has 0 bridgehead atoms. The van der Waals surface area contributed by atoms with Gasteiger partial charge >= 0.3 is 0 Å². The number of unbranched alkanes of at least 4 members (excludes halogenated alkanes) is 2. The zero-order valence-electron chi connectivity index (χ0n) is 8.55. The van der Waals surface area contributed by atoms with Gasteiger partial charge in [0.25, 0.3) is 0 Å². The van der Waals surface area contributed by atoms with Crippen molar-refractivity contribution in [2.24, 2.45) is 4.99 Å². The lowest BCUT2D eigenvalue weighted by Gasteiger charge is -2.10. The summed E-state index contributed by atoms with van der Waals surface area (Å²) >= 11 is 0. The third kappa shape index (κ3) is 3.62. The van der Waals surface area contributed by atoms with E-state index in [0.717, 1.165) is 18.8 Å². The molecule has 1 rings (SSSR count). The van der Waals surface area contributed by atoms with E-state index in [2.05, 4.69) is 23.8 Å². The Labute approximate surface area is 81.1 Å². The molecule has 1 aliphatic rings. The van der Waals surface area contributed by atoms with Gasteiger partial charge in [0.2, 0.25) is 0 Å². The van der Waals surface area contributed by atoms with Crippen LogP contribution in [0.25, 0.3) is 0 Å². The number of nitrogens with one attached hydrogen (secondary N) is 1. The first-order chi connectivity index (χ1) is 6.36. The molecule has 0 radical (unpaired) electrons. The lowest BCUT2D eigenvalue weighted by atomic mass is 10.1. The summed E-state index contributed by atoms with van der Waals surface area (Å²) in [5.74, 6) is 1.12. The summed E-state index contributed by atoms with van der Waals surface area (Å²) in [6.07, 6.45) is 8.02. The van der Waals surface area contributed by atoms with Crippen LogP contribution in [0.3, 0.4) is 0 Å². The van der Waals surface area contributed by atoms with Crippen LogP contribution in [0.4, 0.5) is 0 Å². The van der Waals surface area contributed by atoms with Crippen molar-refractivity contribution in [3.05, 3.63) is 12.7 Å². The van der Waals surface area contributed by atoms with E-state index >= 15 is 0 Å². The number of rotatable bonds is 6. The molecule has 0 saturated heterocycles. The summed E-state index contributed by atoms with van der Waals surface area (Å²) in [6.45, 7) is 6.91. The normalized spacial score (nSPS) is 21.0. The number of hydrogen-bond donors (Lipinski definition) is 1. The summed E-state index contributed by atoms with van der Waals surface area (Å²) < 4.78 is 0. The lowest BCUT2D eigenvalue weighted by Crippen LogP contribution is -2.29. The van der Waals surface area contributed by atoms with Crippen molar-refractivity contribution >= 4 is 5.84 Å². The molecule has 0 aromatic carbocycles. The maximum absolute atomic E-state index is 4.42.